The number of methoxy groups -OCH3 is 1. The summed E-state index contributed by atoms with van der Waals surface area (Å²) < 4.78 is 4.74. The van der Waals surface area contributed by atoms with Crippen LogP contribution in [-0.2, 0) is 4.74 Å². The minimum absolute atomic E-state index is 0.148. The second-order valence-electron chi connectivity index (χ2n) is 4.25. The number of carbonyl (C=O) groups excluding carboxylic acids is 2. The fraction of sp³-hybridized carbons (Fsp3) is 0.538. The molecule has 6 heteroatoms. The first-order valence-corrected chi connectivity index (χ1v) is 7.05. The van der Waals surface area contributed by atoms with Gasteiger partial charge in [0.1, 0.15) is 10.6 Å². The van der Waals surface area contributed by atoms with Crippen LogP contribution in [0.25, 0.3) is 0 Å². The molecule has 1 rings (SSSR count). The monoisotopic (exact) mass is 284 g/mol. The average Bonchev–Trinajstić information content (AvgIpc) is 2.72. The van der Waals surface area contributed by atoms with E-state index in [0.29, 0.717) is 9.88 Å². The summed E-state index contributed by atoms with van der Waals surface area (Å²) in [6.45, 7) is 5.55. The Labute approximate surface area is 117 Å². The van der Waals surface area contributed by atoms with Gasteiger partial charge in [-0.3, -0.25) is 4.79 Å². The van der Waals surface area contributed by atoms with Gasteiger partial charge < -0.3 is 15.8 Å². The minimum atomic E-state index is -0.519. The van der Waals surface area contributed by atoms with Crippen LogP contribution in [0.2, 0.25) is 0 Å². The van der Waals surface area contributed by atoms with Crippen molar-refractivity contribution in [3.8, 4) is 0 Å². The molecule has 5 nitrogen and oxygen atoms in total. The fourth-order valence-electron chi connectivity index (χ4n) is 1.79. The molecule has 0 radical (unpaired) electrons. The maximum Gasteiger partial charge on any atom is 0.343 e. The normalized spacial score (nSPS) is 10.6. The molecular weight excluding hydrogens is 264 g/mol. The van der Waals surface area contributed by atoms with Crippen molar-refractivity contribution in [2.75, 3.05) is 18.2 Å². The molecule has 0 amide bonds. The zero-order chi connectivity index (χ0) is 14.6. The Hall–Kier alpha value is -1.56. The molecule has 0 saturated carbocycles. The molecule has 0 aromatic carbocycles. The first kappa shape index (κ1) is 15.5. The summed E-state index contributed by atoms with van der Waals surface area (Å²) in [5.41, 5.74) is 6.36. The van der Waals surface area contributed by atoms with Gasteiger partial charge in [0.25, 0.3) is 0 Å². The smallest absolute Gasteiger partial charge is 0.343 e. The van der Waals surface area contributed by atoms with Gasteiger partial charge in [-0.25, -0.2) is 4.79 Å². The van der Waals surface area contributed by atoms with Crippen molar-refractivity contribution < 1.29 is 14.3 Å². The molecule has 0 bridgehead atoms. The number of Topliss-reactive ketones (excluding diaryl/α,β-unsaturated/α-hetero) is 1. The largest absolute Gasteiger partial charge is 0.465 e. The van der Waals surface area contributed by atoms with Crippen molar-refractivity contribution in [2.24, 2.45) is 0 Å². The van der Waals surface area contributed by atoms with E-state index in [1.54, 1.807) is 0 Å². The number of ketones is 1. The number of hydrogen-bond acceptors (Lipinski definition) is 6. The first-order chi connectivity index (χ1) is 8.96. The van der Waals surface area contributed by atoms with Gasteiger partial charge in [0.15, 0.2) is 5.78 Å². The Morgan fingerprint density at radius 3 is 2.37 bits per heavy atom. The van der Waals surface area contributed by atoms with Gasteiger partial charge in [0.2, 0.25) is 0 Å². The summed E-state index contributed by atoms with van der Waals surface area (Å²) in [7, 11) is 1.30. The van der Waals surface area contributed by atoms with Crippen LogP contribution < -0.4 is 11.1 Å². The molecule has 0 fully saturated rings. The third-order valence-electron chi connectivity index (χ3n) is 2.98. The third-order valence-corrected chi connectivity index (χ3v) is 4.21. The summed E-state index contributed by atoms with van der Waals surface area (Å²) in [5, 5.41) is 3.88. The van der Waals surface area contributed by atoms with Crippen molar-refractivity contribution in [3.63, 3.8) is 0 Å². The van der Waals surface area contributed by atoms with E-state index in [9.17, 15) is 9.59 Å². The molecule has 0 aliphatic rings. The maximum atomic E-state index is 11.8. The Kier molecular flexibility index (Phi) is 5.35. The van der Waals surface area contributed by atoms with Crippen LogP contribution in [0.1, 0.15) is 53.6 Å². The van der Waals surface area contributed by atoms with Crippen molar-refractivity contribution in [1.82, 2.24) is 0 Å². The van der Waals surface area contributed by atoms with Crippen molar-refractivity contribution in [1.29, 1.82) is 0 Å². The number of hydrogen-bond donors (Lipinski definition) is 2. The molecule has 1 aromatic rings. The number of ether oxygens (including phenoxy) is 1. The molecule has 0 unspecified atom stereocenters. The van der Waals surface area contributed by atoms with Crippen molar-refractivity contribution in [2.45, 2.75) is 39.7 Å². The van der Waals surface area contributed by atoms with Crippen LogP contribution >= 0.6 is 11.3 Å². The number of nitrogens with one attached hydrogen (secondary N) is 1. The number of rotatable bonds is 6. The van der Waals surface area contributed by atoms with Gasteiger partial charge in [-0.05, 0) is 12.8 Å². The Balaban J connectivity index is 3.24. The lowest BCUT2D eigenvalue weighted by Gasteiger charge is -2.15. The van der Waals surface area contributed by atoms with Gasteiger partial charge in [0.05, 0.1) is 17.7 Å². The van der Waals surface area contributed by atoms with E-state index in [0.717, 1.165) is 12.8 Å². The Morgan fingerprint density at radius 1 is 1.37 bits per heavy atom. The standard InChI is InChI=1S/C13H20N2O3S/c1-5-8(6-2)15-12-9(13(17)18-4)10(14)11(19-12)7(3)16/h8,15H,5-6,14H2,1-4H3. The minimum Gasteiger partial charge on any atom is -0.465 e. The molecule has 0 saturated heterocycles. The zero-order valence-corrected chi connectivity index (χ0v) is 12.5. The quantitative estimate of drug-likeness (QED) is 0.620. The number of carbonyl (C=O) groups is 2. The maximum absolute atomic E-state index is 11.8. The molecule has 106 valence electrons. The highest BCUT2D eigenvalue weighted by atomic mass is 32.1. The zero-order valence-electron chi connectivity index (χ0n) is 11.7. The Bertz CT molecular complexity index is 478. The molecule has 0 aliphatic heterocycles. The molecule has 1 aromatic heterocycles. The van der Waals surface area contributed by atoms with Crippen LogP contribution in [0, 0.1) is 0 Å². The fourth-order valence-corrected chi connectivity index (χ4v) is 2.87. The van der Waals surface area contributed by atoms with Gasteiger partial charge in [0, 0.05) is 13.0 Å². The highest BCUT2D eigenvalue weighted by Gasteiger charge is 2.25. The average molecular weight is 284 g/mol. The summed E-state index contributed by atoms with van der Waals surface area (Å²) in [6, 6.07) is 0.237. The van der Waals surface area contributed by atoms with E-state index in [-0.39, 0.29) is 23.1 Å². The second-order valence-corrected chi connectivity index (χ2v) is 5.28. The summed E-state index contributed by atoms with van der Waals surface area (Å²) in [6.07, 6.45) is 1.84. The number of esters is 1. The first-order valence-electron chi connectivity index (χ1n) is 6.24. The van der Waals surface area contributed by atoms with Gasteiger partial charge >= 0.3 is 5.97 Å². The topological polar surface area (TPSA) is 81.4 Å². The van der Waals surface area contributed by atoms with Crippen LogP contribution in [-0.4, -0.2) is 24.9 Å². The SMILES string of the molecule is CCC(CC)Nc1sc(C(C)=O)c(N)c1C(=O)OC. The van der Waals surface area contributed by atoms with Crippen molar-refractivity contribution >= 4 is 33.8 Å². The molecular formula is C13H20N2O3S. The van der Waals surface area contributed by atoms with Gasteiger partial charge in [-0.1, -0.05) is 13.8 Å². The number of nitrogens with two attached hydrogens (primary N) is 1. The van der Waals surface area contributed by atoms with Crippen LogP contribution in [0.3, 0.4) is 0 Å². The van der Waals surface area contributed by atoms with E-state index in [1.165, 1.54) is 25.4 Å². The lowest BCUT2D eigenvalue weighted by atomic mass is 10.1. The highest BCUT2D eigenvalue weighted by molar-refractivity contribution is 7.19. The van der Waals surface area contributed by atoms with Crippen LogP contribution in [0.4, 0.5) is 10.7 Å². The van der Waals surface area contributed by atoms with E-state index in [2.05, 4.69) is 19.2 Å². The number of nitrogen functional groups attached to an aromatic ring is 1. The summed E-state index contributed by atoms with van der Waals surface area (Å²) >= 11 is 1.21. The lowest BCUT2D eigenvalue weighted by Crippen LogP contribution is -2.18. The number of anilines is 2. The summed E-state index contributed by atoms with van der Waals surface area (Å²) in [5.74, 6) is -0.667. The molecule has 0 aliphatic carbocycles. The van der Waals surface area contributed by atoms with Crippen molar-refractivity contribution in [3.05, 3.63) is 10.4 Å². The van der Waals surface area contributed by atoms with Gasteiger partial charge in [-0.2, -0.15) is 0 Å². The lowest BCUT2D eigenvalue weighted by molar-refractivity contribution is 0.0603. The molecule has 3 N–H and O–H groups in total. The molecule has 0 atom stereocenters. The third kappa shape index (κ3) is 3.26. The van der Waals surface area contributed by atoms with Gasteiger partial charge in [-0.15, -0.1) is 11.3 Å². The highest BCUT2D eigenvalue weighted by Crippen LogP contribution is 2.37. The number of thiophene rings is 1. The van der Waals surface area contributed by atoms with Crippen LogP contribution in [0.15, 0.2) is 0 Å². The van der Waals surface area contributed by atoms with E-state index in [1.807, 2.05) is 0 Å². The van der Waals surface area contributed by atoms with E-state index in [4.69, 9.17) is 10.5 Å². The Morgan fingerprint density at radius 2 is 1.95 bits per heavy atom. The predicted octanol–water partition coefficient (Wildman–Crippen LogP) is 2.92. The van der Waals surface area contributed by atoms with Crippen LogP contribution in [0.5, 0.6) is 0 Å². The molecule has 0 spiro atoms. The van der Waals surface area contributed by atoms with E-state index < -0.39 is 5.97 Å². The molecule has 1 heterocycles. The van der Waals surface area contributed by atoms with E-state index >= 15 is 0 Å². The molecule has 19 heavy (non-hydrogen) atoms. The predicted molar refractivity (Wildman–Crippen MR) is 78.1 cm³/mol. The second kappa shape index (κ2) is 6.56. The summed E-state index contributed by atoms with van der Waals surface area (Å²) in [4.78, 5) is 23.7.